The molecule has 1 aliphatic rings. The maximum absolute atomic E-state index is 12.8. The van der Waals surface area contributed by atoms with E-state index in [1.165, 1.54) is 4.68 Å². The molecule has 2 unspecified atom stereocenters. The Bertz CT molecular complexity index is 1050. The molecule has 0 saturated carbocycles. The van der Waals surface area contributed by atoms with Gasteiger partial charge in [-0.05, 0) is 11.6 Å². The number of hydrogen-bond acceptors (Lipinski definition) is 5. The number of β-amino-alcohol motifs (C(OH)–C–C–N with tert-alkyl or cyclic N) is 1. The van der Waals surface area contributed by atoms with Crippen LogP contribution in [0.5, 0.6) is 0 Å². The number of nitrogens with zero attached hydrogens (tertiary/aromatic N) is 2. The number of benzene rings is 2. The van der Waals surface area contributed by atoms with Crippen LogP contribution in [0.4, 0.5) is 0 Å². The van der Waals surface area contributed by atoms with Crippen molar-refractivity contribution >= 4 is 29.1 Å². The lowest BCUT2D eigenvalue weighted by atomic mass is 10.1. The van der Waals surface area contributed by atoms with Crippen molar-refractivity contribution in [3.8, 4) is 0 Å². The fourth-order valence-corrected chi connectivity index (χ4v) is 3.50. The molecule has 8 heteroatoms. The summed E-state index contributed by atoms with van der Waals surface area (Å²) in [7, 11) is 0. The molecule has 3 N–H and O–H groups in total. The fourth-order valence-electron chi connectivity index (χ4n) is 3.50. The molecule has 152 valence electrons. The topological polar surface area (TPSA) is 96.2 Å². The monoisotopic (exact) mass is 414 g/mol. The van der Waals surface area contributed by atoms with E-state index < -0.39 is 6.10 Å². The molecule has 2 atom stereocenters. The summed E-state index contributed by atoms with van der Waals surface area (Å²) in [6.07, 6.45) is -0.475. The summed E-state index contributed by atoms with van der Waals surface area (Å²) in [5, 5.41) is 21.2. The second kappa shape index (κ2) is 9.17. The van der Waals surface area contributed by atoms with Crippen LogP contribution in [0.3, 0.4) is 0 Å². The van der Waals surface area contributed by atoms with Gasteiger partial charge >= 0.3 is 0 Å². The van der Waals surface area contributed by atoms with E-state index >= 15 is 0 Å². The van der Waals surface area contributed by atoms with Crippen LogP contribution < -0.4 is 16.2 Å². The Morgan fingerprint density at radius 3 is 2.48 bits per heavy atom. The summed E-state index contributed by atoms with van der Waals surface area (Å²) >= 11 is 0. The van der Waals surface area contributed by atoms with Gasteiger partial charge in [-0.15, -0.1) is 12.4 Å². The van der Waals surface area contributed by atoms with Crippen LogP contribution in [0.1, 0.15) is 16.1 Å². The van der Waals surface area contributed by atoms with Crippen LogP contribution in [0, 0.1) is 5.92 Å². The third-order valence-electron chi connectivity index (χ3n) is 5.09. The summed E-state index contributed by atoms with van der Waals surface area (Å²) in [6, 6.07) is 16.5. The number of hydrogen-bond donors (Lipinski definition) is 3. The van der Waals surface area contributed by atoms with Gasteiger partial charge in [0.2, 0.25) is 0 Å². The molecule has 29 heavy (non-hydrogen) atoms. The average molecular weight is 415 g/mol. The van der Waals surface area contributed by atoms with Gasteiger partial charge in [-0.3, -0.25) is 9.59 Å². The van der Waals surface area contributed by atoms with Gasteiger partial charge in [0.05, 0.1) is 18.0 Å². The van der Waals surface area contributed by atoms with E-state index in [1.807, 2.05) is 30.3 Å². The maximum Gasteiger partial charge on any atom is 0.274 e. The molecule has 0 aliphatic carbocycles. The molecule has 3 aromatic rings. The molecule has 7 nitrogen and oxygen atoms in total. The lowest BCUT2D eigenvalue weighted by Crippen LogP contribution is -2.36. The quantitative estimate of drug-likeness (QED) is 0.582. The van der Waals surface area contributed by atoms with Crippen LogP contribution in [-0.2, 0) is 6.54 Å². The van der Waals surface area contributed by atoms with Crippen molar-refractivity contribution in [2.45, 2.75) is 12.6 Å². The van der Waals surface area contributed by atoms with Crippen molar-refractivity contribution in [1.29, 1.82) is 0 Å². The maximum atomic E-state index is 12.8. The highest BCUT2D eigenvalue weighted by atomic mass is 35.5. The molecular formula is C21H23ClN4O3. The van der Waals surface area contributed by atoms with E-state index in [1.54, 1.807) is 24.3 Å². The summed E-state index contributed by atoms with van der Waals surface area (Å²) < 4.78 is 1.33. The van der Waals surface area contributed by atoms with Crippen molar-refractivity contribution in [2.75, 3.05) is 19.6 Å². The average Bonchev–Trinajstić information content (AvgIpc) is 3.14. The predicted octanol–water partition coefficient (Wildman–Crippen LogP) is 1.18. The Hall–Kier alpha value is -2.74. The summed E-state index contributed by atoms with van der Waals surface area (Å²) in [6.45, 7) is 1.82. The zero-order valence-corrected chi connectivity index (χ0v) is 16.6. The van der Waals surface area contributed by atoms with Crippen LogP contribution in [-0.4, -0.2) is 46.5 Å². The minimum absolute atomic E-state index is 0. The highest BCUT2D eigenvalue weighted by Gasteiger charge is 2.26. The Morgan fingerprint density at radius 1 is 1.10 bits per heavy atom. The molecule has 0 spiro atoms. The Morgan fingerprint density at radius 2 is 1.79 bits per heavy atom. The number of nitrogens with one attached hydrogen (secondary N) is 2. The lowest BCUT2D eigenvalue weighted by molar-refractivity contribution is 0.0921. The van der Waals surface area contributed by atoms with Crippen molar-refractivity contribution in [2.24, 2.45) is 5.92 Å². The van der Waals surface area contributed by atoms with Gasteiger partial charge in [-0.25, -0.2) is 4.68 Å². The largest absolute Gasteiger partial charge is 0.391 e. The minimum Gasteiger partial charge on any atom is -0.391 e. The first kappa shape index (κ1) is 21.0. The second-order valence-electron chi connectivity index (χ2n) is 7.04. The van der Waals surface area contributed by atoms with Gasteiger partial charge in [0, 0.05) is 30.9 Å². The number of aliphatic hydroxyl groups is 1. The summed E-state index contributed by atoms with van der Waals surface area (Å²) in [4.78, 5) is 25.7. The fraction of sp³-hybridized carbons (Fsp3) is 0.286. The van der Waals surface area contributed by atoms with E-state index in [2.05, 4.69) is 15.7 Å². The van der Waals surface area contributed by atoms with E-state index in [9.17, 15) is 14.7 Å². The summed E-state index contributed by atoms with van der Waals surface area (Å²) in [5.74, 6) is -0.387. The van der Waals surface area contributed by atoms with E-state index in [-0.39, 0.29) is 42.0 Å². The number of amides is 1. The molecule has 2 aromatic carbocycles. The van der Waals surface area contributed by atoms with Crippen LogP contribution in [0.2, 0.25) is 0 Å². The summed E-state index contributed by atoms with van der Waals surface area (Å²) in [5.41, 5.74) is 0.914. The van der Waals surface area contributed by atoms with Crippen molar-refractivity contribution in [1.82, 2.24) is 20.4 Å². The van der Waals surface area contributed by atoms with Gasteiger partial charge in [-0.1, -0.05) is 48.5 Å². The number of halogens is 1. The third-order valence-corrected chi connectivity index (χ3v) is 5.09. The first-order chi connectivity index (χ1) is 13.6. The molecule has 1 amide bonds. The van der Waals surface area contributed by atoms with Gasteiger partial charge in [-0.2, -0.15) is 5.10 Å². The molecule has 1 aliphatic heterocycles. The van der Waals surface area contributed by atoms with Gasteiger partial charge in [0.15, 0.2) is 5.69 Å². The standard InChI is InChI=1S/C21H22N4O3.ClH/c26-18-12-22-10-15(18)11-23-20(27)19-16-8-4-5-9-17(16)21(28)25(24-19)13-14-6-2-1-3-7-14;/h1-9,15,18,22,26H,10-13H2,(H,23,27);1H. The Labute approximate surface area is 174 Å². The number of aromatic nitrogens is 2. The smallest absolute Gasteiger partial charge is 0.274 e. The number of carbonyl (C=O) groups is 1. The first-order valence-corrected chi connectivity index (χ1v) is 9.34. The second-order valence-corrected chi connectivity index (χ2v) is 7.04. The zero-order chi connectivity index (χ0) is 19.5. The van der Waals surface area contributed by atoms with E-state index in [4.69, 9.17) is 0 Å². The van der Waals surface area contributed by atoms with Crippen molar-refractivity contribution in [3.63, 3.8) is 0 Å². The molecule has 4 rings (SSSR count). The highest BCUT2D eigenvalue weighted by molar-refractivity contribution is 6.04. The van der Waals surface area contributed by atoms with Crippen molar-refractivity contribution < 1.29 is 9.90 Å². The SMILES string of the molecule is Cl.O=C(NCC1CNCC1O)c1nn(Cc2ccccc2)c(=O)c2ccccc12. The molecular weight excluding hydrogens is 392 g/mol. The Balaban J connectivity index is 0.00000240. The zero-order valence-electron chi connectivity index (χ0n) is 15.7. The van der Waals surface area contributed by atoms with Crippen LogP contribution in [0.25, 0.3) is 10.8 Å². The molecule has 2 heterocycles. The van der Waals surface area contributed by atoms with Crippen LogP contribution in [0.15, 0.2) is 59.4 Å². The van der Waals surface area contributed by atoms with Gasteiger partial charge in [0.1, 0.15) is 0 Å². The minimum atomic E-state index is -0.475. The molecule has 1 aromatic heterocycles. The number of fused-ring (bicyclic) bond motifs is 1. The predicted molar refractivity (Wildman–Crippen MR) is 113 cm³/mol. The van der Waals surface area contributed by atoms with E-state index in [0.29, 0.717) is 30.4 Å². The number of aliphatic hydroxyl groups excluding tert-OH is 1. The molecule has 0 bridgehead atoms. The highest BCUT2D eigenvalue weighted by Crippen LogP contribution is 2.14. The number of rotatable bonds is 5. The number of carbonyl (C=O) groups excluding carboxylic acids is 1. The third kappa shape index (κ3) is 4.48. The van der Waals surface area contributed by atoms with E-state index in [0.717, 1.165) is 5.56 Å². The van der Waals surface area contributed by atoms with Gasteiger partial charge < -0.3 is 15.7 Å². The first-order valence-electron chi connectivity index (χ1n) is 9.34. The molecule has 1 fully saturated rings. The Kier molecular flexibility index (Phi) is 6.64. The van der Waals surface area contributed by atoms with Crippen molar-refractivity contribution in [3.05, 3.63) is 76.2 Å². The van der Waals surface area contributed by atoms with Crippen LogP contribution >= 0.6 is 12.4 Å². The van der Waals surface area contributed by atoms with Gasteiger partial charge in [0.25, 0.3) is 11.5 Å². The lowest BCUT2D eigenvalue weighted by Gasteiger charge is -2.15. The molecule has 1 saturated heterocycles. The normalized spacial score (nSPS) is 18.4. The molecule has 0 radical (unpaired) electrons.